The van der Waals surface area contributed by atoms with Crippen molar-refractivity contribution in [2.45, 2.75) is 12.0 Å². The van der Waals surface area contributed by atoms with Crippen LogP contribution < -0.4 is 14.7 Å². The fourth-order valence-corrected chi connectivity index (χ4v) is 11.6. The molecule has 2 heterocycles. The van der Waals surface area contributed by atoms with Gasteiger partial charge in [0.05, 0.1) is 28.5 Å². The Bertz CT molecular complexity index is 4050. The molecule has 0 spiro atoms. The molecular weight excluding hydrogens is 873 g/mol. The lowest BCUT2D eigenvalue weighted by Crippen LogP contribution is -2.28. The lowest BCUT2D eigenvalue weighted by molar-refractivity contribution is 0.745. The zero-order valence-corrected chi connectivity index (χ0v) is 39.5. The molecule has 2 unspecified atom stereocenters. The van der Waals surface area contributed by atoms with E-state index in [4.69, 9.17) is 0 Å². The van der Waals surface area contributed by atoms with Crippen molar-refractivity contribution in [3.05, 3.63) is 285 Å². The molecule has 0 bridgehead atoms. The fraction of sp³-hybridized carbons (Fsp3) is 0.0294. The van der Waals surface area contributed by atoms with Crippen molar-refractivity contribution in [2.24, 2.45) is 0 Å². The second kappa shape index (κ2) is 17.2. The van der Waals surface area contributed by atoms with Gasteiger partial charge in [-0.25, -0.2) is 0 Å². The molecule has 0 fully saturated rings. The Kier molecular flexibility index (Phi) is 9.95. The minimum atomic E-state index is 0.218. The summed E-state index contributed by atoms with van der Waals surface area (Å²) in [6.45, 7) is 0. The molecule has 72 heavy (non-hydrogen) atoms. The molecule has 2 atom stereocenters. The first kappa shape index (κ1) is 41.6. The first-order valence-corrected chi connectivity index (χ1v) is 24.9. The van der Waals surface area contributed by atoms with E-state index in [1.807, 2.05) is 0 Å². The van der Waals surface area contributed by atoms with Gasteiger partial charge in [-0.2, -0.15) is 0 Å². The van der Waals surface area contributed by atoms with Crippen LogP contribution in [0.1, 0.15) is 11.5 Å². The van der Waals surface area contributed by atoms with E-state index in [1.165, 1.54) is 60.3 Å². The van der Waals surface area contributed by atoms with Crippen LogP contribution in [-0.4, -0.2) is 10.6 Å². The summed E-state index contributed by atoms with van der Waals surface area (Å²) in [5.74, 6) is 0.242. The third-order valence-electron chi connectivity index (χ3n) is 14.9. The van der Waals surface area contributed by atoms with Crippen LogP contribution in [0.15, 0.2) is 279 Å². The Morgan fingerprint density at radius 3 is 1.46 bits per heavy atom. The first-order valence-electron chi connectivity index (χ1n) is 24.9. The summed E-state index contributed by atoms with van der Waals surface area (Å²) in [6, 6.07) is 93.3. The molecule has 12 aromatic rings. The van der Waals surface area contributed by atoms with Crippen LogP contribution >= 0.6 is 0 Å². The third-order valence-corrected chi connectivity index (χ3v) is 14.9. The molecule has 14 rings (SSSR count). The van der Waals surface area contributed by atoms with Crippen LogP contribution in [-0.2, 0) is 0 Å². The number of anilines is 8. The van der Waals surface area contributed by atoms with E-state index in [2.05, 4.69) is 298 Å². The largest absolute Gasteiger partial charge is 0.333 e. The lowest BCUT2D eigenvalue weighted by Gasteiger charge is -2.29. The van der Waals surface area contributed by atoms with E-state index >= 15 is 0 Å². The van der Waals surface area contributed by atoms with Gasteiger partial charge in [0, 0.05) is 67.3 Å². The molecule has 0 amide bonds. The van der Waals surface area contributed by atoms with Gasteiger partial charge in [0.1, 0.15) is 0 Å². The van der Waals surface area contributed by atoms with E-state index in [0.29, 0.717) is 0 Å². The van der Waals surface area contributed by atoms with Gasteiger partial charge in [0.2, 0.25) is 0 Å². The quantitative estimate of drug-likeness (QED) is 0.143. The average molecular weight is 921 g/mol. The van der Waals surface area contributed by atoms with E-state index in [0.717, 1.165) is 50.9 Å². The van der Waals surface area contributed by atoms with Gasteiger partial charge >= 0.3 is 0 Å². The van der Waals surface area contributed by atoms with Gasteiger partial charge in [0.25, 0.3) is 0 Å². The summed E-state index contributed by atoms with van der Waals surface area (Å²) >= 11 is 0. The number of rotatable bonds is 9. The maximum Gasteiger partial charge on any atom is 0.0629 e. The molecule has 1 aliphatic carbocycles. The normalized spacial score (nSPS) is 14.8. The van der Waals surface area contributed by atoms with Crippen molar-refractivity contribution in [3.8, 4) is 16.8 Å². The van der Waals surface area contributed by atoms with Gasteiger partial charge in [-0.05, 0) is 131 Å². The monoisotopic (exact) mass is 920 g/mol. The standard InChI is InChI=1S/C68H48N4/c1-3-21-51(22-4-1)71-65-29-13-11-27-59(65)61-45-55(41-43-67(61)71)69(63-31-15-19-49-17-7-9-25-57(49)63)53-37-33-47(34-38-53)48-35-39-54(40-36-48)70(64-32-16-20-50-18-8-10-26-58(50)64)56-42-44-68-62(46-56)60-28-12-14-30-66(60)72(68)52-23-5-2-6-24-52/h1-46,59,65H. The Morgan fingerprint density at radius 1 is 0.333 bits per heavy atom. The Labute approximate surface area is 419 Å². The molecule has 11 aromatic carbocycles. The van der Waals surface area contributed by atoms with Crippen LogP contribution in [0.25, 0.3) is 60.2 Å². The summed E-state index contributed by atoms with van der Waals surface area (Å²) in [5, 5.41) is 7.27. The number of allylic oxidation sites excluding steroid dienone is 2. The molecule has 1 aliphatic heterocycles. The van der Waals surface area contributed by atoms with Crippen molar-refractivity contribution in [1.29, 1.82) is 0 Å². The van der Waals surface area contributed by atoms with Gasteiger partial charge in [-0.1, -0.05) is 176 Å². The second-order valence-corrected chi connectivity index (χ2v) is 18.9. The summed E-state index contributed by atoms with van der Waals surface area (Å²) in [4.78, 5) is 7.36. The molecular formula is C68H48N4. The minimum absolute atomic E-state index is 0.218. The molecule has 0 saturated carbocycles. The highest BCUT2D eigenvalue weighted by atomic mass is 15.2. The first-order chi connectivity index (χ1) is 35.7. The number of para-hydroxylation sites is 3. The second-order valence-electron chi connectivity index (χ2n) is 18.9. The zero-order chi connectivity index (χ0) is 47.5. The topological polar surface area (TPSA) is 14.7 Å². The molecule has 4 nitrogen and oxygen atoms in total. The van der Waals surface area contributed by atoms with E-state index in [1.54, 1.807) is 0 Å². The maximum absolute atomic E-state index is 2.50. The summed E-state index contributed by atoms with van der Waals surface area (Å²) in [7, 11) is 0. The highest BCUT2D eigenvalue weighted by molar-refractivity contribution is 6.11. The number of nitrogens with zero attached hydrogens (tertiary/aromatic N) is 4. The molecule has 0 N–H and O–H groups in total. The highest BCUT2D eigenvalue weighted by Crippen LogP contribution is 2.51. The Morgan fingerprint density at radius 2 is 0.819 bits per heavy atom. The number of fused-ring (bicyclic) bond motifs is 8. The van der Waals surface area contributed by atoms with Gasteiger partial charge in [-0.15, -0.1) is 0 Å². The number of hydrogen-bond donors (Lipinski definition) is 0. The highest BCUT2D eigenvalue weighted by Gasteiger charge is 2.38. The number of hydrogen-bond acceptors (Lipinski definition) is 3. The summed E-state index contributed by atoms with van der Waals surface area (Å²) in [5.41, 5.74) is 16.3. The molecule has 340 valence electrons. The Balaban J connectivity index is 0.854. The van der Waals surface area contributed by atoms with Gasteiger partial charge in [-0.3, -0.25) is 0 Å². The van der Waals surface area contributed by atoms with Gasteiger partial charge < -0.3 is 19.3 Å². The predicted molar refractivity (Wildman–Crippen MR) is 304 cm³/mol. The van der Waals surface area contributed by atoms with Crippen LogP contribution in [0.5, 0.6) is 0 Å². The number of aromatic nitrogens is 1. The van der Waals surface area contributed by atoms with Gasteiger partial charge in [0.15, 0.2) is 0 Å². The molecule has 2 aliphatic rings. The van der Waals surface area contributed by atoms with Crippen LogP contribution in [0.3, 0.4) is 0 Å². The molecule has 0 radical (unpaired) electrons. The predicted octanol–water partition coefficient (Wildman–Crippen LogP) is 18.4. The number of benzene rings is 11. The van der Waals surface area contributed by atoms with Crippen LogP contribution in [0.4, 0.5) is 45.5 Å². The fourth-order valence-electron chi connectivity index (χ4n) is 11.6. The average Bonchev–Trinajstić information content (AvgIpc) is 3.96. The molecule has 1 aromatic heterocycles. The van der Waals surface area contributed by atoms with Crippen LogP contribution in [0.2, 0.25) is 0 Å². The van der Waals surface area contributed by atoms with Crippen molar-refractivity contribution in [1.82, 2.24) is 4.57 Å². The maximum atomic E-state index is 2.50. The van der Waals surface area contributed by atoms with Crippen molar-refractivity contribution < 1.29 is 0 Å². The zero-order valence-electron chi connectivity index (χ0n) is 39.5. The lowest BCUT2D eigenvalue weighted by atomic mass is 9.91. The van der Waals surface area contributed by atoms with E-state index in [9.17, 15) is 0 Å². The van der Waals surface area contributed by atoms with E-state index in [-0.39, 0.29) is 12.0 Å². The smallest absolute Gasteiger partial charge is 0.0629 e. The molecule has 0 saturated heterocycles. The summed E-state index contributed by atoms with van der Waals surface area (Å²) < 4.78 is 2.38. The van der Waals surface area contributed by atoms with Crippen molar-refractivity contribution >= 4 is 88.8 Å². The third kappa shape index (κ3) is 6.91. The molecule has 4 heteroatoms. The van der Waals surface area contributed by atoms with Crippen molar-refractivity contribution in [2.75, 3.05) is 14.7 Å². The van der Waals surface area contributed by atoms with Crippen molar-refractivity contribution in [3.63, 3.8) is 0 Å². The van der Waals surface area contributed by atoms with E-state index < -0.39 is 0 Å². The summed E-state index contributed by atoms with van der Waals surface area (Å²) in [6.07, 6.45) is 9.10. The SMILES string of the molecule is C1=CC2c3cc(N(c4ccc(-c5ccc(N(c6ccc7c(c6)c6ccccc6n7-c6ccccc6)c6cccc7ccccc67)cc5)cc4)c4cccc5ccccc45)ccc3N(c3ccccc3)C2C=C1. The minimum Gasteiger partial charge on any atom is -0.333 e. The Hall–Kier alpha value is -9.38. The van der Waals surface area contributed by atoms with Crippen LogP contribution in [0, 0.1) is 0 Å².